The van der Waals surface area contributed by atoms with E-state index in [1.807, 2.05) is 30.3 Å². The fourth-order valence-corrected chi connectivity index (χ4v) is 2.61. The number of carbonyl (C=O) groups excluding carboxylic acids is 2. The summed E-state index contributed by atoms with van der Waals surface area (Å²) in [5, 5.41) is 9.63. The van der Waals surface area contributed by atoms with Crippen LogP contribution in [0.15, 0.2) is 40.8 Å². The van der Waals surface area contributed by atoms with Crippen molar-refractivity contribution in [2.75, 3.05) is 25.5 Å². The van der Waals surface area contributed by atoms with E-state index in [1.54, 1.807) is 20.1 Å². The van der Waals surface area contributed by atoms with Crippen molar-refractivity contribution < 1.29 is 18.7 Å². The SMILES string of the molecule is CCNC(=O)NC(=O)CNc1cc2oc3ccccc3c2cc1OC. The van der Waals surface area contributed by atoms with Crippen molar-refractivity contribution in [1.29, 1.82) is 0 Å². The number of imide groups is 1. The molecule has 0 spiro atoms. The third-order valence-electron chi connectivity index (χ3n) is 3.73. The lowest BCUT2D eigenvalue weighted by molar-refractivity contribution is -0.118. The summed E-state index contributed by atoms with van der Waals surface area (Å²) in [7, 11) is 1.56. The van der Waals surface area contributed by atoms with Crippen LogP contribution in [0.4, 0.5) is 10.5 Å². The van der Waals surface area contributed by atoms with Crippen LogP contribution in [0, 0.1) is 0 Å². The molecule has 3 N–H and O–H groups in total. The number of ether oxygens (including phenoxy) is 1. The Labute approximate surface area is 144 Å². The van der Waals surface area contributed by atoms with Crippen molar-refractivity contribution >= 4 is 39.6 Å². The molecule has 0 unspecified atom stereocenters. The van der Waals surface area contributed by atoms with Gasteiger partial charge in [-0.2, -0.15) is 0 Å². The molecule has 0 radical (unpaired) electrons. The highest BCUT2D eigenvalue weighted by Crippen LogP contribution is 2.36. The molecule has 0 aliphatic heterocycles. The molecule has 0 aliphatic rings. The number of hydrogen-bond acceptors (Lipinski definition) is 5. The van der Waals surface area contributed by atoms with Gasteiger partial charge in [-0.05, 0) is 19.1 Å². The van der Waals surface area contributed by atoms with Crippen LogP contribution in [-0.4, -0.2) is 32.1 Å². The van der Waals surface area contributed by atoms with E-state index < -0.39 is 11.9 Å². The van der Waals surface area contributed by atoms with Gasteiger partial charge in [0, 0.05) is 23.4 Å². The lowest BCUT2D eigenvalue weighted by atomic mass is 10.1. The van der Waals surface area contributed by atoms with Crippen LogP contribution in [0.3, 0.4) is 0 Å². The first-order valence-electron chi connectivity index (χ1n) is 7.93. The second kappa shape index (κ2) is 7.12. The predicted molar refractivity (Wildman–Crippen MR) is 96.0 cm³/mol. The molecule has 1 heterocycles. The number of benzene rings is 2. The fraction of sp³-hybridized carbons (Fsp3) is 0.222. The lowest BCUT2D eigenvalue weighted by Gasteiger charge is -2.11. The molecule has 3 aromatic rings. The van der Waals surface area contributed by atoms with E-state index >= 15 is 0 Å². The molecule has 7 heteroatoms. The Kier molecular flexibility index (Phi) is 4.74. The molecule has 1 aromatic heterocycles. The van der Waals surface area contributed by atoms with Gasteiger partial charge in [0.05, 0.1) is 19.3 Å². The maximum absolute atomic E-state index is 11.8. The van der Waals surface area contributed by atoms with Crippen LogP contribution < -0.4 is 20.7 Å². The molecule has 25 heavy (non-hydrogen) atoms. The zero-order valence-corrected chi connectivity index (χ0v) is 14.0. The smallest absolute Gasteiger partial charge is 0.321 e. The Morgan fingerprint density at radius 3 is 2.68 bits per heavy atom. The van der Waals surface area contributed by atoms with Gasteiger partial charge in [-0.1, -0.05) is 18.2 Å². The molecule has 0 saturated heterocycles. The summed E-state index contributed by atoms with van der Waals surface area (Å²) < 4.78 is 11.2. The number of nitrogens with one attached hydrogen (secondary N) is 3. The van der Waals surface area contributed by atoms with Crippen LogP contribution in [0.5, 0.6) is 5.75 Å². The van der Waals surface area contributed by atoms with Crippen molar-refractivity contribution in [3.63, 3.8) is 0 Å². The summed E-state index contributed by atoms with van der Waals surface area (Å²) in [5.41, 5.74) is 2.08. The number of anilines is 1. The van der Waals surface area contributed by atoms with Gasteiger partial charge in [0.2, 0.25) is 5.91 Å². The van der Waals surface area contributed by atoms with Crippen LogP contribution in [0.2, 0.25) is 0 Å². The topological polar surface area (TPSA) is 92.6 Å². The van der Waals surface area contributed by atoms with Crippen LogP contribution in [-0.2, 0) is 4.79 Å². The van der Waals surface area contributed by atoms with Gasteiger partial charge in [0.15, 0.2) is 0 Å². The van der Waals surface area contributed by atoms with E-state index in [0.29, 0.717) is 23.6 Å². The Morgan fingerprint density at radius 1 is 1.12 bits per heavy atom. The highest BCUT2D eigenvalue weighted by atomic mass is 16.5. The first-order chi connectivity index (χ1) is 12.1. The average molecular weight is 341 g/mol. The summed E-state index contributed by atoms with van der Waals surface area (Å²) >= 11 is 0. The molecule has 130 valence electrons. The van der Waals surface area contributed by atoms with E-state index in [0.717, 1.165) is 16.4 Å². The van der Waals surface area contributed by atoms with Gasteiger partial charge in [-0.3, -0.25) is 10.1 Å². The summed E-state index contributed by atoms with van der Waals surface area (Å²) in [6, 6.07) is 10.9. The normalized spacial score (nSPS) is 10.6. The minimum absolute atomic E-state index is 0.0702. The summed E-state index contributed by atoms with van der Waals surface area (Å²) in [4.78, 5) is 23.2. The standard InChI is InChI=1S/C18H19N3O4/c1-3-19-18(23)21-17(22)10-20-13-9-15-12(8-16(13)24-2)11-6-4-5-7-14(11)25-15/h4-9,20H,3,10H2,1-2H3,(H2,19,21,22,23). The minimum Gasteiger partial charge on any atom is -0.495 e. The van der Waals surface area contributed by atoms with Crippen LogP contribution in [0.25, 0.3) is 21.9 Å². The number of fused-ring (bicyclic) bond motifs is 3. The molecule has 0 fully saturated rings. The zero-order valence-electron chi connectivity index (χ0n) is 14.0. The van der Waals surface area contributed by atoms with E-state index in [-0.39, 0.29) is 6.54 Å². The molecule has 0 atom stereocenters. The van der Waals surface area contributed by atoms with Crippen LogP contribution >= 0.6 is 0 Å². The Balaban J connectivity index is 1.82. The Morgan fingerprint density at radius 2 is 1.92 bits per heavy atom. The molecule has 0 bridgehead atoms. The summed E-state index contributed by atoms with van der Waals surface area (Å²) in [5.74, 6) is 0.141. The molecule has 3 rings (SSSR count). The van der Waals surface area contributed by atoms with E-state index in [1.165, 1.54) is 0 Å². The molecular formula is C18H19N3O4. The Hall–Kier alpha value is -3.22. The highest BCUT2D eigenvalue weighted by molar-refractivity contribution is 6.06. The minimum atomic E-state index is -0.519. The van der Waals surface area contributed by atoms with Crippen molar-refractivity contribution in [2.45, 2.75) is 6.92 Å². The zero-order chi connectivity index (χ0) is 17.8. The van der Waals surface area contributed by atoms with Crippen molar-refractivity contribution in [2.24, 2.45) is 0 Å². The molecule has 0 aliphatic carbocycles. The second-order valence-corrected chi connectivity index (χ2v) is 5.41. The van der Waals surface area contributed by atoms with Crippen LogP contribution in [0.1, 0.15) is 6.92 Å². The number of methoxy groups -OCH3 is 1. The number of hydrogen-bond donors (Lipinski definition) is 3. The van der Waals surface area contributed by atoms with Gasteiger partial charge in [0.1, 0.15) is 16.9 Å². The van der Waals surface area contributed by atoms with Gasteiger partial charge in [-0.25, -0.2) is 4.79 Å². The second-order valence-electron chi connectivity index (χ2n) is 5.41. The number of amides is 3. The Bertz CT molecular complexity index is 933. The van der Waals surface area contributed by atoms with E-state index in [4.69, 9.17) is 9.15 Å². The fourth-order valence-electron chi connectivity index (χ4n) is 2.61. The van der Waals surface area contributed by atoms with Gasteiger partial charge < -0.3 is 19.8 Å². The molecule has 7 nitrogen and oxygen atoms in total. The molecule has 2 aromatic carbocycles. The summed E-state index contributed by atoms with van der Waals surface area (Å²) in [6.07, 6.45) is 0. The lowest BCUT2D eigenvalue weighted by Crippen LogP contribution is -2.41. The molecular weight excluding hydrogens is 322 g/mol. The quantitative estimate of drug-likeness (QED) is 0.664. The number of rotatable bonds is 5. The predicted octanol–water partition coefficient (Wildman–Crippen LogP) is 2.85. The van der Waals surface area contributed by atoms with Gasteiger partial charge >= 0.3 is 6.03 Å². The number of furan rings is 1. The average Bonchev–Trinajstić information content (AvgIpc) is 2.96. The first-order valence-corrected chi connectivity index (χ1v) is 7.93. The van der Waals surface area contributed by atoms with E-state index in [2.05, 4.69) is 16.0 Å². The van der Waals surface area contributed by atoms with Gasteiger partial charge in [-0.15, -0.1) is 0 Å². The first kappa shape index (κ1) is 16.6. The third-order valence-corrected chi connectivity index (χ3v) is 3.73. The summed E-state index contributed by atoms with van der Waals surface area (Å²) in [6.45, 7) is 2.15. The number of carbonyl (C=O) groups is 2. The van der Waals surface area contributed by atoms with Crippen molar-refractivity contribution in [3.05, 3.63) is 36.4 Å². The third kappa shape index (κ3) is 3.50. The number of urea groups is 1. The van der Waals surface area contributed by atoms with Gasteiger partial charge in [0.25, 0.3) is 0 Å². The monoisotopic (exact) mass is 341 g/mol. The highest BCUT2D eigenvalue weighted by Gasteiger charge is 2.13. The van der Waals surface area contributed by atoms with Crippen molar-refractivity contribution in [1.82, 2.24) is 10.6 Å². The van der Waals surface area contributed by atoms with E-state index in [9.17, 15) is 9.59 Å². The molecule has 0 saturated carbocycles. The maximum Gasteiger partial charge on any atom is 0.321 e. The number of para-hydroxylation sites is 1. The molecule has 3 amide bonds. The van der Waals surface area contributed by atoms with Crippen molar-refractivity contribution in [3.8, 4) is 5.75 Å². The largest absolute Gasteiger partial charge is 0.495 e. The maximum atomic E-state index is 11.8.